The summed E-state index contributed by atoms with van der Waals surface area (Å²) < 4.78 is 6.56. The minimum atomic E-state index is 0.113. The van der Waals surface area contributed by atoms with E-state index in [1.54, 1.807) is 25.6 Å². The van der Waals surface area contributed by atoms with Crippen LogP contribution in [0.2, 0.25) is 0 Å². The molecule has 1 fully saturated rings. The van der Waals surface area contributed by atoms with E-state index >= 15 is 0 Å². The predicted molar refractivity (Wildman–Crippen MR) is 113 cm³/mol. The van der Waals surface area contributed by atoms with E-state index in [9.17, 15) is 4.79 Å². The fraction of sp³-hybridized carbons (Fsp3) is 0.286. The maximum Gasteiger partial charge on any atom is 0.227 e. The Morgan fingerprint density at radius 3 is 2.57 bits per heavy atom. The van der Waals surface area contributed by atoms with Crippen LogP contribution in [0, 0.1) is 0 Å². The predicted octanol–water partition coefficient (Wildman–Crippen LogP) is 3.29. The molecule has 2 aromatic carbocycles. The van der Waals surface area contributed by atoms with Gasteiger partial charge in [0.25, 0.3) is 0 Å². The lowest BCUT2D eigenvalue weighted by atomic mass is 10.0. The van der Waals surface area contributed by atoms with Gasteiger partial charge in [0.05, 0.1) is 13.5 Å². The summed E-state index contributed by atoms with van der Waals surface area (Å²) >= 11 is 3.51. The molecule has 1 aromatic heterocycles. The SMILES string of the molecule is COc1ccc2cc(Br)ccc2c1CC(=O)N1CCN(c2ncccn2)CC1. The number of hydrogen-bond donors (Lipinski definition) is 0. The number of carbonyl (C=O) groups is 1. The first-order valence-corrected chi connectivity index (χ1v) is 10.00. The maximum atomic E-state index is 13.0. The Kier molecular flexibility index (Phi) is 5.43. The van der Waals surface area contributed by atoms with Crippen molar-refractivity contribution in [1.82, 2.24) is 14.9 Å². The van der Waals surface area contributed by atoms with E-state index in [2.05, 4.69) is 36.9 Å². The van der Waals surface area contributed by atoms with Crippen molar-refractivity contribution in [3.63, 3.8) is 0 Å². The number of fused-ring (bicyclic) bond motifs is 1. The summed E-state index contributed by atoms with van der Waals surface area (Å²) in [6.45, 7) is 2.79. The van der Waals surface area contributed by atoms with Gasteiger partial charge in [-0.3, -0.25) is 4.79 Å². The number of hydrogen-bond acceptors (Lipinski definition) is 5. The molecule has 7 heteroatoms. The van der Waals surface area contributed by atoms with E-state index in [0.717, 1.165) is 45.6 Å². The van der Waals surface area contributed by atoms with Crippen LogP contribution in [-0.4, -0.2) is 54.1 Å². The number of benzene rings is 2. The van der Waals surface area contributed by atoms with E-state index in [4.69, 9.17) is 4.74 Å². The summed E-state index contributed by atoms with van der Waals surface area (Å²) in [5.74, 6) is 1.58. The third kappa shape index (κ3) is 3.80. The van der Waals surface area contributed by atoms with Crippen molar-refractivity contribution >= 4 is 38.6 Å². The van der Waals surface area contributed by atoms with Crippen LogP contribution in [0.25, 0.3) is 10.8 Å². The monoisotopic (exact) mass is 440 g/mol. The number of ether oxygens (including phenoxy) is 1. The smallest absolute Gasteiger partial charge is 0.227 e. The minimum Gasteiger partial charge on any atom is -0.496 e. The Hall–Kier alpha value is -2.67. The molecule has 0 aliphatic carbocycles. The lowest BCUT2D eigenvalue weighted by molar-refractivity contribution is -0.130. The number of amides is 1. The molecule has 2 heterocycles. The molecule has 1 saturated heterocycles. The van der Waals surface area contributed by atoms with Crippen LogP contribution in [-0.2, 0) is 11.2 Å². The van der Waals surface area contributed by atoms with Crippen molar-refractivity contribution in [2.45, 2.75) is 6.42 Å². The van der Waals surface area contributed by atoms with Gasteiger partial charge in [-0.1, -0.05) is 28.1 Å². The van der Waals surface area contributed by atoms with Gasteiger partial charge < -0.3 is 14.5 Å². The molecule has 3 aromatic rings. The van der Waals surface area contributed by atoms with Crippen molar-refractivity contribution in [2.75, 3.05) is 38.2 Å². The number of anilines is 1. The summed E-state index contributed by atoms with van der Waals surface area (Å²) in [6, 6.07) is 11.8. The van der Waals surface area contributed by atoms with Gasteiger partial charge in [-0.15, -0.1) is 0 Å². The number of rotatable bonds is 4. The Labute approximate surface area is 172 Å². The van der Waals surface area contributed by atoms with E-state index < -0.39 is 0 Å². The zero-order valence-electron chi connectivity index (χ0n) is 15.6. The molecule has 28 heavy (non-hydrogen) atoms. The lowest BCUT2D eigenvalue weighted by Gasteiger charge is -2.34. The number of halogens is 1. The summed E-state index contributed by atoms with van der Waals surface area (Å²) in [5.41, 5.74) is 0.936. The topological polar surface area (TPSA) is 58.6 Å². The van der Waals surface area contributed by atoms with Crippen LogP contribution in [0.4, 0.5) is 5.95 Å². The fourth-order valence-electron chi connectivity index (χ4n) is 3.59. The molecule has 0 bridgehead atoms. The minimum absolute atomic E-state index is 0.113. The van der Waals surface area contributed by atoms with Crippen molar-refractivity contribution in [1.29, 1.82) is 0 Å². The van der Waals surface area contributed by atoms with Crippen molar-refractivity contribution in [3.8, 4) is 5.75 Å². The molecule has 0 unspecified atom stereocenters. The summed E-state index contributed by atoms with van der Waals surface area (Å²) in [4.78, 5) is 25.6. The first-order chi connectivity index (χ1) is 13.7. The van der Waals surface area contributed by atoms with Crippen molar-refractivity contribution in [3.05, 3.63) is 58.8 Å². The molecule has 0 radical (unpaired) electrons. The fourth-order valence-corrected chi connectivity index (χ4v) is 3.97. The first-order valence-electron chi connectivity index (χ1n) is 9.20. The molecular weight excluding hydrogens is 420 g/mol. The molecule has 0 atom stereocenters. The normalized spacial score (nSPS) is 14.4. The second-order valence-electron chi connectivity index (χ2n) is 6.71. The highest BCUT2D eigenvalue weighted by atomic mass is 79.9. The van der Waals surface area contributed by atoms with Gasteiger partial charge in [0.1, 0.15) is 5.75 Å². The number of piperazine rings is 1. The molecule has 4 rings (SSSR count). The van der Waals surface area contributed by atoms with Gasteiger partial charge in [0, 0.05) is 48.6 Å². The number of aromatic nitrogens is 2. The van der Waals surface area contributed by atoms with Gasteiger partial charge in [0.15, 0.2) is 0 Å². The molecule has 0 spiro atoms. The zero-order valence-corrected chi connectivity index (χ0v) is 17.2. The highest BCUT2D eigenvalue weighted by Crippen LogP contribution is 2.31. The standard InChI is InChI=1S/C21H21BrN4O2/c1-28-19-6-3-15-13-16(22)4-5-17(15)18(19)14-20(27)25-9-11-26(12-10-25)21-23-7-2-8-24-21/h2-8,13H,9-12,14H2,1H3. The molecule has 1 aliphatic heterocycles. The van der Waals surface area contributed by atoms with Crippen LogP contribution >= 0.6 is 15.9 Å². The highest BCUT2D eigenvalue weighted by Gasteiger charge is 2.24. The quantitative estimate of drug-likeness (QED) is 0.622. The Morgan fingerprint density at radius 2 is 1.86 bits per heavy atom. The summed E-state index contributed by atoms with van der Waals surface area (Å²) in [7, 11) is 1.65. The number of nitrogens with zero attached hydrogens (tertiary/aromatic N) is 4. The molecule has 6 nitrogen and oxygen atoms in total. The van der Waals surface area contributed by atoms with Crippen molar-refractivity contribution < 1.29 is 9.53 Å². The first kappa shape index (κ1) is 18.7. The molecule has 1 amide bonds. The Morgan fingerprint density at radius 1 is 1.11 bits per heavy atom. The van der Waals surface area contributed by atoms with Gasteiger partial charge in [-0.25, -0.2) is 9.97 Å². The lowest BCUT2D eigenvalue weighted by Crippen LogP contribution is -2.49. The molecule has 0 N–H and O–H groups in total. The van der Waals surface area contributed by atoms with E-state index in [0.29, 0.717) is 19.5 Å². The summed E-state index contributed by atoms with van der Waals surface area (Å²) in [5, 5.41) is 2.14. The third-order valence-corrected chi connectivity index (χ3v) is 5.56. The average Bonchev–Trinajstić information content (AvgIpc) is 2.74. The van der Waals surface area contributed by atoms with Crippen LogP contribution in [0.3, 0.4) is 0 Å². The van der Waals surface area contributed by atoms with E-state index in [1.165, 1.54) is 0 Å². The second-order valence-corrected chi connectivity index (χ2v) is 7.62. The van der Waals surface area contributed by atoms with Gasteiger partial charge in [-0.2, -0.15) is 0 Å². The molecule has 0 saturated carbocycles. The van der Waals surface area contributed by atoms with Crippen LogP contribution in [0.15, 0.2) is 53.3 Å². The largest absolute Gasteiger partial charge is 0.496 e. The zero-order chi connectivity index (χ0) is 19.5. The summed E-state index contributed by atoms with van der Waals surface area (Å²) in [6.07, 6.45) is 3.81. The van der Waals surface area contributed by atoms with Crippen LogP contribution < -0.4 is 9.64 Å². The van der Waals surface area contributed by atoms with Gasteiger partial charge in [-0.05, 0) is 35.0 Å². The molecule has 144 valence electrons. The van der Waals surface area contributed by atoms with Crippen LogP contribution in [0.1, 0.15) is 5.56 Å². The molecule has 1 aliphatic rings. The number of carbonyl (C=O) groups excluding carboxylic acids is 1. The van der Waals surface area contributed by atoms with Gasteiger partial charge >= 0.3 is 0 Å². The van der Waals surface area contributed by atoms with Gasteiger partial charge in [0.2, 0.25) is 11.9 Å². The third-order valence-electron chi connectivity index (χ3n) is 5.07. The van der Waals surface area contributed by atoms with Crippen molar-refractivity contribution in [2.24, 2.45) is 0 Å². The highest BCUT2D eigenvalue weighted by molar-refractivity contribution is 9.10. The van der Waals surface area contributed by atoms with E-state index in [1.807, 2.05) is 29.2 Å². The maximum absolute atomic E-state index is 13.0. The van der Waals surface area contributed by atoms with Crippen LogP contribution in [0.5, 0.6) is 5.75 Å². The number of methoxy groups -OCH3 is 1. The Balaban J connectivity index is 1.50. The Bertz CT molecular complexity index is 988. The molecular formula is C21H21BrN4O2. The van der Waals surface area contributed by atoms with E-state index in [-0.39, 0.29) is 5.91 Å². The second kappa shape index (κ2) is 8.14. The average molecular weight is 441 g/mol.